The van der Waals surface area contributed by atoms with Crippen LogP contribution in [0, 0.1) is 6.92 Å². The van der Waals surface area contributed by atoms with Crippen molar-refractivity contribution < 1.29 is 4.79 Å². The molecule has 2 N–H and O–H groups in total. The molecule has 17 heavy (non-hydrogen) atoms. The Morgan fingerprint density at radius 3 is 2.29 bits per heavy atom. The summed E-state index contributed by atoms with van der Waals surface area (Å²) in [6.45, 7) is 5.41. The van der Waals surface area contributed by atoms with Crippen molar-refractivity contribution in [3.05, 3.63) is 35.9 Å². The molecule has 0 saturated heterocycles. The fraction of sp³-hybridized carbons (Fsp3) is 0.500. The van der Waals surface area contributed by atoms with Crippen LogP contribution in [-0.2, 0) is 4.79 Å². The van der Waals surface area contributed by atoms with E-state index in [0.29, 0.717) is 6.54 Å². The maximum absolute atomic E-state index is 10.7. The van der Waals surface area contributed by atoms with Crippen molar-refractivity contribution in [3.8, 4) is 0 Å². The SMILES string of the molecule is CCCCNC(=O)CNC.Cc1ccccc1. The van der Waals surface area contributed by atoms with Crippen molar-refractivity contribution in [2.75, 3.05) is 20.1 Å². The van der Waals surface area contributed by atoms with Crippen LogP contribution >= 0.6 is 0 Å². The number of likely N-dealkylation sites (N-methyl/N-ethyl adjacent to an activating group) is 1. The summed E-state index contributed by atoms with van der Waals surface area (Å²) in [5.41, 5.74) is 1.32. The Balaban J connectivity index is 0.000000318. The smallest absolute Gasteiger partial charge is 0.233 e. The van der Waals surface area contributed by atoms with Gasteiger partial charge in [0, 0.05) is 6.54 Å². The highest BCUT2D eigenvalue weighted by atomic mass is 16.1. The van der Waals surface area contributed by atoms with E-state index < -0.39 is 0 Å². The first kappa shape index (κ1) is 15.7. The monoisotopic (exact) mass is 236 g/mol. The van der Waals surface area contributed by atoms with Gasteiger partial charge < -0.3 is 10.6 Å². The first-order valence-electron chi connectivity index (χ1n) is 6.13. The van der Waals surface area contributed by atoms with Gasteiger partial charge in [-0.3, -0.25) is 4.79 Å². The average molecular weight is 236 g/mol. The minimum atomic E-state index is 0.0796. The van der Waals surface area contributed by atoms with E-state index in [1.54, 1.807) is 7.05 Å². The molecule has 0 aliphatic heterocycles. The summed E-state index contributed by atoms with van der Waals surface area (Å²) in [5.74, 6) is 0.0796. The van der Waals surface area contributed by atoms with Crippen LogP contribution in [0.2, 0.25) is 0 Å². The highest BCUT2D eigenvalue weighted by Gasteiger charge is 1.94. The second kappa shape index (κ2) is 11.1. The minimum absolute atomic E-state index is 0.0796. The van der Waals surface area contributed by atoms with Gasteiger partial charge in [-0.15, -0.1) is 0 Å². The standard InChI is InChI=1S/C7H16N2O.C7H8/c1-3-4-5-9-7(10)6-8-2;1-7-5-3-2-4-6-7/h8H,3-6H2,1-2H3,(H,9,10);2-6H,1H3. The van der Waals surface area contributed by atoms with Crippen LogP contribution < -0.4 is 10.6 Å². The Morgan fingerprint density at radius 1 is 1.24 bits per heavy atom. The molecule has 1 aromatic carbocycles. The van der Waals surface area contributed by atoms with Crippen LogP contribution in [0.25, 0.3) is 0 Å². The number of carbonyl (C=O) groups excluding carboxylic acids is 1. The summed E-state index contributed by atoms with van der Waals surface area (Å²) in [6.07, 6.45) is 2.19. The summed E-state index contributed by atoms with van der Waals surface area (Å²) in [4.78, 5) is 10.7. The topological polar surface area (TPSA) is 41.1 Å². The van der Waals surface area contributed by atoms with Crippen molar-refractivity contribution in [3.63, 3.8) is 0 Å². The number of nitrogens with one attached hydrogen (secondary N) is 2. The molecular weight excluding hydrogens is 212 g/mol. The number of hydrogen-bond donors (Lipinski definition) is 2. The zero-order chi connectivity index (χ0) is 12.9. The lowest BCUT2D eigenvalue weighted by Crippen LogP contribution is -2.32. The lowest BCUT2D eigenvalue weighted by molar-refractivity contribution is -0.120. The number of aryl methyl sites for hydroxylation is 1. The van der Waals surface area contributed by atoms with Crippen molar-refractivity contribution in [2.45, 2.75) is 26.7 Å². The van der Waals surface area contributed by atoms with Crippen LogP contribution in [0.15, 0.2) is 30.3 Å². The second-order valence-corrected chi connectivity index (χ2v) is 3.89. The largest absolute Gasteiger partial charge is 0.355 e. The molecule has 0 aliphatic rings. The van der Waals surface area contributed by atoms with E-state index in [2.05, 4.69) is 36.6 Å². The molecule has 0 fully saturated rings. The number of rotatable bonds is 5. The number of unbranched alkanes of at least 4 members (excludes halogenated alkanes) is 1. The predicted molar refractivity (Wildman–Crippen MR) is 73.0 cm³/mol. The van der Waals surface area contributed by atoms with Crippen LogP contribution in [-0.4, -0.2) is 26.0 Å². The maximum atomic E-state index is 10.7. The van der Waals surface area contributed by atoms with Gasteiger partial charge in [-0.05, 0) is 20.4 Å². The Kier molecular flexibility index (Phi) is 10.3. The van der Waals surface area contributed by atoms with E-state index in [-0.39, 0.29) is 5.91 Å². The molecule has 3 nitrogen and oxygen atoms in total. The number of carbonyl (C=O) groups is 1. The predicted octanol–water partition coefficient (Wildman–Crippen LogP) is 2.12. The van der Waals surface area contributed by atoms with Gasteiger partial charge in [0.2, 0.25) is 5.91 Å². The molecule has 1 rings (SSSR count). The fourth-order valence-electron chi connectivity index (χ4n) is 1.16. The fourth-order valence-corrected chi connectivity index (χ4v) is 1.16. The number of benzene rings is 1. The first-order valence-corrected chi connectivity index (χ1v) is 6.13. The van der Waals surface area contributed by atoms with Crippen molar-refractivity contribution >= 4 is 5.91 Å². The van der Waals surface area contributed by atoms with Gasteiger partial charge in [-0.1, -0.05) is 49.2 Å². The molecule has 1 amide bonds. The third-order valence-corrected chi connectivity index (χ3v) is 2.13. The minimum Gasteiger partial charge on any atom is -0.355 e. The molecule has 0 aromatic heterocycles. The van der Waals surface area contributed by atoms with Gasteiger partial charge >= 0.3 is 0 Å². The van der Waals surface area contributed by atoms with E-state index in [9.17, 15) is 4.79 Å². The third kappa shape index (κ3) is 10.9. The quantitative estimate of drug-likeness (QED) is 0.769. The highest BCUT2D eigenvalue weighted by molar-refractivity contribution is 5.77. The Morgan fingerprint density at radius 2 is 1.88 bits per heavy atom. The zero-order valence-electron chi connectivity index (χ0n) is 11.1. The molecule has 96 valence electrons. The molecule has 0 bridgehead atoms. The molecular formula is C14H24N2O. The van der Waals surface area contributed by atoms with Gasteiger partial charge in [0.05, 0.1) is 6.54 Å². The maximum Gasteiger partial charge on any atom is 0.233 e. The van der Waals surface area contributed by atoms with Crippen molar-refractivity contribution in [1.29, 1.82) is 0 Å². The van der Waals surface area contributed by atoms with Gasteiger partial charge in [-0.25, -0.2) is 0 Å². The molecule has 1 aromatic rings. The van der Waals surface area contributed by atoms with E-state index in [4.69, 9.17) is 0 Å². The zero-order valence-corrected chi connectivity index (χ0v) is 11.1. The van der Waals surface area contributed by atoms with Gasteiger partial charge in [0.15, 0.2) is 0 Å². The van der Waals surface area contributed by atoms with Crippen LogP contribution in [0.5, 0.6) is 0 Å². The van der Waals surface area contributed by atoms with Gasteiger partial charge in [-0.2, -0.15) is 0 Å². The van der Waals surface area contributed by atoms with Crippen molar-refractivity contribution in [1.82, 2.24) is 10.6 Å². The number of amides is 1. The Labute approximate surface area is 105 Å². The molecule has 3 heteroatoms. The van der Waals surface area contributed by atoms with Gasteiger partial charge in [0.1, 0.15) is 0 Å². The summed E-state index contributed by atoms with van der Waals surface area (Å²) in [7, 11) is 1.76. The molecule has 0 radical (unpaired) electrons. The lowest BCUT2D eigenvalue weighted by Gasteiger charge is -2.01. The molecule has 0 saturated carbocycles. The summed E-state index contributed by atoms with van der Waals surface area (Å²) >= 11 is 0. The van der Waals surface area contributed by atoms with E-state index in [0.717, 1.165) is 19.4 Å². The van der Waals surface area contributed by atoms with Crippen LogP contribution in [0.1, 0.15) is 25.3 Å². The van der Waals surface area contributed by atoms with Crippen molar-refractivity contribution in [2.24, 2.45) is 0 Å². The van der Waals surface area contributed by atoms with Crippen LogP contribution in [0.3, 0.4) is 0 Å². The summed E-state index contributed by atoms with van der Waals surface area (Å²) < 4.78 is 0. The lowest BCUT2D eigenvalue weighted by atomic mass is 10.2. The average Bonchev–Trinajstić information content (AvgIpc) is 2.31. The summed E-state index contributed by atoms with van der Waals surface area (Å²) in [5, 5.41) is 5.57. The van der Waals surface area contributed by atoms with E-state index in [1.807, 2.05) is 18.2 Å². The van der Waals surface area contributed by atoms with Crippen LogP contribution in [0.4, 0.5) is 0 Å². The Hall–Kier alpha value is -1.35. The molecule has 0 atom stereocenters. The molecule has 0 aliphatic carbocycles. The molecule has 0 spiro atoms. The third-order valence-electron chi connectivity index (χ3n) is 2.13. The second-order valence-electron chi connectivity index (χ2n) is 3.89. The number of hydrogen-bond acceptors (Lipinski definition) is 2. The highest BCUT2D eigenvalue weighted by Crippen LogP contribution is 1.92. The van der Waals surface area contributed by atoms with Gasteiger partial charge in [0.25, 0.3) is 0 Å². The Bertz CT molecular complexity index is 286. The molecule has 0 heterocycles. The first-order chi connectivity index (χ1) is 8.20. The van der Waals surface area contributed by atoms with E-state index in [1.165, 1.54) is 5.56 Å². The van der Waals surface area contributed by atoms with E-state index >= 15 is 0 Å². The summed E-state index contributed by atoms with van der Waals surface area (Å²) in [6, 6.07) is 10.3. The normalized spacial score (nSPS) is 9.12. The molecule has 0 unspecified atom stereocenters.